The van der Waals surface area contributed by atoms with E-state index >= 15 is 0 Å². The third-order valence-corrected chi connectivity index (χ3v) is 5.47. The van der Waals surface area contributed by atoms with Gasteiger partial charge in [-0.05, 0) is 67.4 Å². The van der Waals surface area contributed by atoms with Crippen molar-refractivity contribution in [1.82, 2.24) is 0 Å². The third-order valence-electron chi connectivity index (χ3n) is 5.22. The number of benzene rings is 5. The average Bonchev–Trinajstić information content (AvgIpc) is 2.74. The third kappa shape index (κ3) is 2.55. The molecular weight excluding hydrogens is 368 g/mol. The summed E-state index contributed by atoms with van der Waals surface area (Å²) < 4.78 is 0. The lowest BCUT2D eigenvalue weighted by Crippen LogP contribution is -1.92. The van der Waals surface area contributed by atoms with E-state index in [1.165, 1.54) is 21.5 Å². The van der Waals surface area contributed by atoms with Crippen LogP contribution in [-0.4, -0.2) is 20.5 Å². The standard InChI is InChI=1S/C26H12Si2/c27-11-9-21-23-13-17-5-1-2-6-18(17)14-24(23)22(10-12-28)26-16-20-8-4-3-7-19(20)15-25(21)26/h1-8,13-16H. The van der Waals surface area contributed by atoms with Crippen molar-refractivity contribution in [3.8, 4) is 22.9 Å². The maximum Gasteiger partial charge on any atom is 0.147 e. The number of hydrogen-bond donors (Lipinski definition) is 0. The molecule has 0 saturated heterocycles. The highest BCUT2D eigenvalue weighted by Gasteiger charge is 2.14. The van der Waals surface area contributed by atoms with Crippen molar-refractivity contribution in [1.29, 1.82) is 0 Å². The van der Waals surface area contributed by atoms with Crippen molar-refractivity contribution in [2.45, 2.75) is 0 Å². The summed E-state index contributed by atoms with van der Waals surface area (Å²) in [5.41, 5.74) is 7.90. The minimum atomic E-state index is 1.02. The smallest absolute Gasteiger partial charge is 0.133 e. The molecule has 5 aromatic carbocycles. The van der Waals surface area contributed by atoms with Gasteiger partial charge < -0.3 is 0 Å². The molecule has 0 aromatic heterocycles. The minimum absolute atomic E-state index is 1.02. The first-order valence-corrected chi connectivity index (χ1v) is 9.96. The molecule has 124 valence electrons. The van der Waals surface area contributed by atoms with Crippen molar-refractivity contribution in [2.75, 3.05) is 0 Å². The van der Waals surface area contributed by atoms with Gasteiger partial charge in [-0.15, -0.1) is 11.1 Å². The Morgan fingerprint density at radius 1 is 0.464 bits per heavy atom. The first-order chi connectivity index (χ1) is 13.8. The van der Waals surface area contributed by atoms with Gasteiger partial charge >= 0.3 is 0 Å². The van der Waals surface area contributed by atoms with Gasteiger partial charge in [0.1, 0.15) is 20.5 Å². The van der Waals surface area contributed by atoms with Crippen molar-refractivity contribution in [2.24, 2.45) is 0 Å². The quantitative estimate of drug-likeness (QED) is 0.195. The summed E-state index contributed by atoms with van der Waals surface area (Å²) in [5.74, 6) is 6.59. The molecule has 0 unspecified atom stereocenters. The van der Waals surface area contributed by atoms with Crippen LogP contribution in [0.15, 0.2) is 72.8 Å². The van der Waals surface area contributed by atoms with E-state index in [9.17, 15) is 0 Å². The van der Waals surface area contributed by atoms with E-state index < -0.39 is 0 Å². The molecule has 0 aliphatic carbocycles. The Morgan fingerprint density at radius 3 is 1.00 bits per heavy atom. The van der Waals surface area contributed by atoms with E-state index in [1.54, 1.807) is 0 Å². The minimum Gasteiger partial charge on any atom is -0.133 e. The van der Waals surface area contributed by atoms with Gasteiger partial charge in [-0.2, -0.15) is 0 Å². The largest absolute Gasteiger partial charge is 0.147 e. The molecule has 5 aromatic rings. The van der Waals surface area contributed by atoms with Gasteiger partial charge in [-0.3, -0.25) is 0 Å². The topological polar surface area (TPSA) is 0 Å². The molecule has 6 radical (unpaired) electrons. The Hall–Kier alpha value is -3.31. The van der Waals surface area contributed by atoms with Crippen LogP contribution in [0.25, 0.3) is 43.1 Å². The molecule has 28 heavy (non-hydrogen) atoms. The molecule has 0 atom stereocenters. The van der Waals surface area contributed by atoms with Crippen LogP contribution in [0.1, 0.15) is 11.1 Å². The van der Waals surface area contributed by atoms with Crippen LogP contribution in [-0.2, 0) is 0 Å². The summed E-state index contributed by atoms with van der Waals surface area (Å²) in [6, 6.07) is 25.7. The van der Waals surface area contributed by atoms with Crippen LogP contribution in [0, 0.1) is 22.9 Å². The van der Waals surface area contributed by atoms with Crippen molar-refractivity contribution < 1.29 is 0 Å². The molecule has 0 fully saturated rings. The Bertz CT molecular complexity index is 1320. The highest BCUT2D eigenvalue weighted by Crippen LogP contribution is 2.36. The van der Waals surface area contributed by atoms with Gasteiger partial charge in [0.2, 0.25) is 0 Å². The number of hydrogen-bond acceptors (Lipinski definition) is 0. The molecule has 0 N–H and O–H groups in total. The van der Waals surface area contributed by atoms with E-state index in [0.717, 1.165) is 32.7 Å². The number of rotatable bonds is 0. The monoisotopic (exact) mass is 380 g/mol. The molecule has 0 nitrogen and oxygen atoms in total. The molecule has 0 saturated carbocycles. The van der Waals surface area contributed by atoms with Crippen LogP contribution in [0.3, 0.4) is 0 Å². The summed E-state index contributed by atoms with van der Waals surface area (Å²) in [6.07, 6.45) is 0. The zero-order valence-corrected chi connectivity index (χ0v) is 16.9. The van der Waals surface area contributed by atoms with Crippen molar-refractivity contribution in [3.63, 3.8) is 0 Å². The second-order valence-electron chi connectivity index (χ2n) is 6.74. The first kappa shape index (κ1) is 16.8. The summed E-state index contributed by atoms with van der Waals surface area (Å²) in [6.45, 7) is 0. The summed E-state index contributed by atoms with van der Waals surface area (Å²) in [4.78, 5) is 0. The average molecular weight is 381 g/mol. The molecular formula is C26H12Si2. The maximum absolute atomic E-state index is 3.36. The van der Waals surface area contributed by atoms with E-state index in [0.29, 0.717) is 0 Å². The highest BCUT2D eigenvalue weighted by atomic mass is 28.1. The fourth-order valence-electron chi connectivity index (χ4n) is 3.99. The summed E-state index contributed by atoms with van der Waals surface area (Å²) in [5, 5.41) is 9.28. The molecule has 0 aliphatic rings. The fourth-order valence-corrected chi connectivity index (χ4v) is 4.24. The highest BCUT2D eigenvalue weighted by molar-refractivity contribution is 6.24. The summed E-state index contributed by atoms with van der Waals surface area (Å²) in [7, 11) is 6.72. The van der Waals surface area contributed by atoms with Gasteiger partial charge in [0.25, 0.3) is 0 Å². The zero-order valence-electron chi connectivity index (χ0n) is 14.9. The predicted molar refractivity (Wildman–Crippen MR) is 122 cm³/mol. The Balaban J connectivity index is 2.11. The van der Waals surface area contributed by atoms with E-state index in [2.05, 4.69) is 116 Å². The second-order valence-corrected chi connectivity index (χ2v) is 7.24. The SMILES string of the molecule is [Si]C#Cc1c2cc3ccccc3cc2c(C#C[Si])c2cc3ccccc3cc12. The fraction of sp³-hybridized carbons (Fsp3) is 0. The molecule has 0 spiro atoms. The lowest BCUT2D eigenvalue weighted by atomic mass is 9.89. The molecule has 0 aliphatic heterocycles. The molecule has 5 rings (SSSR count). The van der Waals surface area contributed by atoms with E-state index in [1.807, 2.05) is 0 Å². The van der Waals surface area contributed by atoms with Gasteiger partial charge in [-0.25, -0.2) is 0 Å². The first-order valence-electron chi connectivity index (χ1n) is 8.96. The van der Waals surface area contributed by atoms with E-state index in [4.69, 9.17) is 0 Å². The molecule has 0 heterocycles. The van der Waals surface area contributed by atoms with E-state index in [-0.39, 0.29) is 0 Å². The van der Waals surface area contributed by atoms with Crippen LogP contribution in [0.2, 0.25) is 0 Å². The Labute approximate surface area is 170 Å². The van der Waals surface area contributed by atoms with Gasteiger partial charge in [0.15, 0.2) is 0 Å². The van der Waals surface area contributed by atoms with Crippen molar-refractivity contribution in [3.05, 3.63) is 83.9 Å². The zero-order chi connectivity index (χ0) is 19.1. The van der Waals surface area contributed by atoms with Crippen LogP contribution in [0.5, 0.6) is 0 Å². The van der Waals surface area contributed by atoms with Crippen LogP contribution < -0.4 is 0 Å². The lowest BCUT2D eigenvalue weighted by molar-refractivity contribution is 1.74. The van der Waals surface area contributed by atoms with Crippen LogP contribution >= 0.6 is 0 Å². The van der Waals surface area contributed by atoms with Gasteiger partial charge in [0, 0.05) is 11.1 Å². The molecule has 0 bridgehead atoms. The van der Waals surface area contributed by atoms with Crippen LogP contribution in [0.4, 0.5) is 0 Å². The Kier molecular flexibility index (Phi) is 4.03. The maximum atomic E-state index is 3.36. The van der Waals surface area contributed by atoms with Crippen molar-refractivity contribution >= 4 is 63.6 Å². The molecule has 2 heteroatoms. The predicted octanol–water partition coefficient (Wildman–Crippen LogP) is 5.25. The Morgan fingerprint density at radius 2 is 0.750 bits per heavy atom. The van der Waals surface area contributed by atoms with Gasteiger partial charge in [0.05, 0.1) is 0 Å². The second kappa shape index (κ2) is 6.69. The summed E-state index contributed by atoms with van der Waals surface area (Å²) >= 11 is 0. The lowest BCUT2D eigenvalue weighted by Gasteiger charge is -2.13. The van der Waals surface area contributed by atoms with Gasteiger partial charge in [-0.1, -0.05) is 60.4 Å². The number of fused-ring (bicyclic) bond motifs is 4. The normalized spacial score (nSPS) is 10.6. The molecule has 0 amide bonds.